The van der Waals surface area contributed by atoms with Gasteiger partial charge in [0.15, 0.2) is 0 Å². The number of halogens is 1. The van der Waals surface area contributed by atoms with E-state index < -0.39 is 0 Å². The summed E-state index contributed by atoms with van der Waals surface area (Å²) in [4.78, 5) is 9.12. The zero-order chi connectivity index (χ0) is 11.7. The predicted molar refractivity (Wildman–Crippen MR) is 70.8 cm³/mol. The molecule has 2 rings (SSSR count). The molecular weight excluding hydrogens is 266 g/mol. The first-order chi connectivity index (χ1) is 7.59. The van der Waals surface area contributed by atoms with Gasteiger partial charge < -0.3 is 9.80 Å². The van der Waals surface area contributed by atoms with Crippen LogP contribution in [0.1, 0.15) is 6.92 Å². The van der Waals surface area contributed by atoms with Crippen molar-refractivity contribution in [2.24, 2.45) is 5.92 Å². The fraction of sp³-hybridized carbons (Fsp3) is 0.583. The van der Waals surface area contributed by atoms with Crippen LogP contribution < -0.4 is 4.90 Å². The molecular formula is C12H18BrN3. The van der Waals surface area contributed by atoms with E-state index in [-0.39, 0.29) is 0 Å². The van der Waals surface area contributed by atoms with Gasteiger partial charge in [0.25, 0.3) is 0 Å². The summed E-state index contributed by atoms with van der Waals surface area (Å²) in [5.74, 6) is 1.75. The third-order valence-electron chi connectivity index (χ3n) is 3.27. The highest BCUT2D eigenvalue weighted by Crippen LogP contribution is 2.29. The SMILES string of the molecule is CC1CN(c2ncccc2Br)CC1N(C)C. The van der Waals surface area contributed by atoms with Crippen molar-refractivity contribution in [1.82, 2.24) is 9.88 Å². The Morgan fingerprint density at radius 2 is 2.19 bits per heavy atom. The van der Waals surface area contributed by atoms with Crippen LogP contribution in [0, 0.1) is 5.92 Å². The summed E-state index contributed by atoms with van der Waals surface area (Å²) in [6, 6.07) is 4.63. The van der Waals surface area contributed by atoms with Gasteiger partial charge in [-0.2, -0.15) is 0 Å². The molecule has 0 bridgehead atoms. The fourth-order valence-corrected chi connectivity index (χ4v) is 2.91. The summed E-state index contributed by atoms with van der Waals surface area (Å²) in [5.41, 5.74) is 0. The van der Waals surface area contributed by atoms with Gasteiger partial charge in [-0.1, -0.05) is 6.92 Å². The molecule has 1 aliphatic heterocycles. The van der Waals surface area contributed by atoms with E-state index in [0.29, 0.717) is 12.0 Å². The maximum Gasteiger partial charge on any atom is 0.142 e. The maximum absolute atomic E-state index is 4.45. The van der Waals surface area contributed by atoms with E-state index in [1.807, 2.05) is 12.3 Å². The van der Waals surface area contributed by atoms with Crippen LogP contribution in [-0.2, 0) is 0 Å². The van der Waals surface area contributed by atoms with Crippen molar-refractivity contribution in [3.63, 3.8) is 0 Å². The molecule has 2 atom stereocenters. The number of hydrogen-bond acceptors (Lipinski definition) is 3. The molecule has 3 nitrogen and oxygen atoms in total. The van der Waals surface area contributed by atoms with Crippen molar-refractivity contribution in [3.05, 3.63) is 22.8 Å². The highest BCUT2D eigenvalue weighted by molar-refractivity contribution is 9.10. The standard InChI is InChI=1S/C12H18BrN3/c1-9-7-16(8-11(9)15(2)3)12-10(13)5-4-6-14-12/h4-6,9,11H,7-8H2,1-3H3. The predicted octanol–water partition coefficient (Wildman–Crippen LogP) is 2.23. The molecule has 0 saturated carbocycles. The smallest absolute Gasteiger partial charge is 0.142 e. The Morgan fingerprint density at radius 1 is 1.44 bits per heavy atom. The van der Waals surface area contributed by atoms with Gasteiger partial charge in [0.2, 0.25) is 0 Å². The van der Waals surface area contributed by atoms with Crippen LogP contribution in [0.4, 0.5) is 5.82 Å². The summed E-state index contributed by atoms with van der Waals surface area (Å²) < 4.78 is 1.08. The minimum atomic E-state index is 0.619. The lowest BCUT2D eigenvalue weighted by molar-refractivity contribution is 0.266. The Labute approximate surface area is 106 Å². The molecule has 2 unspecified atom stereocenters. The molecule has 1 aliphatic rings. The zero-order valence-corrected chi connectivity index (χ0v) is 11.6. The third-order valence-corrected chi connectivity index (χ3v) is 3.89. The van der Waals surface area contributed by atoms with E-state index in [2.05, 4.69) is 57.8 Å². The second-order valence-corrected chi connectivity index (χ2v) is 5.58. The number of hydrogen-bond donors (Lipinski definition) is 0. The van der Waals surface area contributed by atoms with Gasteiger partial charge in [-0.15, -0.1) is 0 Å². The first kappa shape index (κ1) is 11.9. The van der Waals surface area contributed by atoms with Crippen LogP contribution in [0.15, 0.2) is 22.8 Å². The minimum Gasteiger partial charge on any atom is -0.354 e. The molecule has 0 aromatic carbocycles. The van der Waals surface area contributed by atoms with Gasteiger partial charge in [-0.3, -0.25) is 0 Å². The largest absolute Gasteiger partial charge is 0.354 e. The maximum atomic E-state index is 4.45. The van der Waals surface area contributed by atoms with Crippen molar-refractivity contribution in [2.45, 2.75) is 13.0 Å². The molecule has 2 heterocycles. The minimum absolute atomic E-state index is 0.619. The van der Waals surface area contributed by atoms with Crippen LogP contribution in [0.25, 0.3) is 0 Å². The summed E-state index contributed by atoms with van der Waals surface area (Å²) >= 11 is 3.57. The lowest BCUT2D eigenvalue weighted by Gasteiger charge is -2.22. The second kappa shape index (κ2) is 4.72. The second-order valence-electron chi connectivity index (χ2n) is 4.72. The van der Waals surface area contributed by atoms with Gasteiger partial charge in [0, 0.05) is 25.3 Å². The molecule has 0 aliphatic carbocycles. The Kier molecular flexibility index (Phi) is 3.50. The molecule has 0 spiro atoms. The summed E-state index contributed by atoms with van der Waals surface area (Å²) in [5, 5.41) is 0. The summed E-state index contributed by atoms with van der Waals surface area (Å²) in [6.07, 6.45) is 1.85. The lowest BCUT2D eigenvalue weighted by atomic mass is 10.1. The van der Waals surface area contributed by atoms with E-state index in [1.165, 1.54) is 0 Å². The first-order valence-corrected chi connectivity index (χ1v) is 6.40. The van der Waals surface area contributed by atoms with Gasteiger partial charge in [0.1, 0.15) is 5.82 Å². The zero-order valence-electron chi connectivity index (χ0n) is 10.0. The number of aromatic nitrogens is 1. The van der Waals surface area contributed by atoms with Crippen molar-refractivity contribution < 1.29 is 0 Å². The molecule has 1 fully saturated rings. The Morgan fingerprint density at radius 3 is 2.75 bits per heavy atom. The third kappa shape index (κ3) is 2.23. The van der Waals surface area contributed by atoms with E-state index in [0.717, 1.165) is 23.4 Å². The van der Waals surface area contributed by atoms with Gasteiger partial charge in [0.05, 0.1) is 4.47 Å². The number of pyridine rings is 1. The van der Waals surface area contributed by atoms with Crippen LogP contribution in [0.2, 0.25) is 0 Å². The molecule has 0 amide bonds. The average molecular weight is 284 g/mol. The van der Waals surface area contributed by atoms with Gasteiger partial charge in [-0.05, 0) is 48.1 Å². The number of rotatable bonds is 2. The highest BCUT2D eigenvalue weighted by Gasteiger charge is 2.32. The van der Waals surface area contributed by atoms with Crippen LogP contribution in [0.3, 0.4) is 0 Å². The van der Waals surface area contributed by atoms with Crippen molar-refractivity contribution >= 4 is 21.7 Å². The quantitative estimate of drug-likeness (QED) is 0.830. The fourth-order valence-electron chi connectivity index (χ4n) is 2.40. The average Bonchev–Trinajstić information content (AvgIpc) is 2.61. The van der Waals surface area contributed by atoms with Gasteiger partial charge >= 0.3 is 0 Å². The highest BCUT2D eigenvalue weighted by atomic mass is 79.9. The van der Waals surface area contributed by atoms with E-state index in [1.54, 1.807) is 0 Å². The van der Waals surface area contributed by atoms with E-state index in [4.69, 9.17) is 0 Å². The lowest BCUT2D eigenvalue weighted by Crippen LogP contribution is -2.34. The van der Waals surface area contributed by atoms with E-state index >= 15 is 0 Å². The molecule has 16 heavy (non-hydrogen) atoms. The molecule has 88 valence electrons. The van der Waals surface area contributed by atoms with Crippen LogP contribution in [0.5, 0.6) is 0 Å². The Hall–Kier alpha value is -0.610. The molecule has 1 saturated heterocycles. The molecule has 4 heteroatoms. The molecule has 1 aromatic heterocycles. The normalized spacial score (nSPS) is 25.4. The van der Waals surface area contributed by atoms with Crippen molar-refractivity contribution in [1.29, 1.82) is 0 Å². The number of nitrogens with zero attached hydrogens (tertiary/aromatic N) is 3. The van der Waals surface area contributed by atoms with E-state index in [9.17, 15) is 0 Å². The van der Waals surface area contributed by atoms with Gasteiger partial charge in [-0.25, -0.2) is 4.98 Å². The number of likely N-dealkylation sites (N-methyl/N-ethyl adjacent to an activating group) is 1. The monoisotopic (exact) mass is 283 g/mol. The first-order valence-electron chi connectivity index (χ1n) is 5.61. The summed E-state index contributed by atoms with van der Waals surface area (Å²) in [6.45, 7) is 4.45. The topological polar surface area (TPSA) is 19.4 Å². The Balaban J connectivity index is 2.17. The van der Waals surface area contributed by atoms with Crippen LogP contribution >= 0.6 is 15.9 Å². The molecule has 0 N–H and O–H groups in total. The van der Waals surface area contributed by atoms with Crippen molar-refractivity contribution in [2.75, 3.05) is 32.1 Å². The number of anilines is 1. The summed E-state index contributed by atoms with van der Waals surface area (Å²) in [7, 11) is 4.30. The molecule has 0 radical (unpaired) electrons. The van der Waals surface area contributed by atoms with Crippen LogP contribution in [-0.4, -0.2) is 43.1 Å². The molecule has 1 aromatic rings. The Bertz CT molecular complexity index is 367. The van der Waals surface area contributed by atoms with Crippen molar-refractivity contribution in [3.8, 4) is 0 Å².